The Morgan fingerprint density at radius 1 is 1.32 bits per heavy atom. The number of sulfone groups is 1. The summed E-state index contributed by atoms with van der Waals surface area (Å²) in [6.45, 7) is 1.23. The van der Waals surface area contributed by atoms with E-state index in [1.165, 1.54) is 31.2 Å². The van der Waals surface area contributed by atoms with E-state index in [1.54, 1.807) is 6.07 Å². The molecule has 0 saturated heterocycles. The number of nitrogens with zero attached hydrogens (tertiary/aromatic N) is 1. The van der Waals surface area contributed by atoms with Crippen LogP contribution in [0, 0.1) is 11.3 Å². The summed E-state index contributed by atoms with van der Waals surface area (Å²) in [7, 11) is -3.30. The molecular weight excluding hydrogens is 268 g/mol. The van der Waals surface area contributed by atoms with Crippen LogP contribution in [-0.2, 0) is 14.6 Å². The topological polar surface area (TPSA) is 107 Å². The lowest BCUT2D eigenvalue weighted by Gasteiger charge is -2.05. The molecule has 6 nitrogen and oxygen atoms in total. The molecule has 0 aliphatic carbocycles. The number of carbonyl (C=O) groups excluding carboxylic acids is 1. The third-order valence-electron chi connectivity index (χ3n) is 2.24. The molecule has 0 spiro atoms. The van der Waals surface area contributed by atoms with E-state index in [4.69, 9.17) is 10.4 Å². The maximum atomic E-state index is 11.6. The molecule has 2 N–H and O–H groups in total. The maximum Gasteiger partial charge on any atom is 0.269 e. The zero-order valence-electron chi connectivity index (χ0n) is 10.3. The zero-order valence-corrected chi connectivity index (χ0v) is 11.2. The molecule has 0 bridgehead atoms. The van der Waals surface area contributed by atoms with Crippen molar-refractivity contribution in [3.05, 3.63) is 35.6 Å². The van der Waals surface area contributed by atoms with E-state index in [0.717, 1.165) is 6.26 Å². The number of benzene rings is 1. The minimum Gasteiger partial charge on any atom is -0.511 e. The fourth-order valence-corrected chi connectivity index (χ4v) is 1.91. The van der Waals surface area contributed by atoms with Gasteiger partial charge in [-0.25, -0.2) is 8.42 Å². The number of nitrogens with one attached hydrogen (secondary N) is 1. The quantitative estimate of drug-likeness (QED) is 0.494. The Kier molecular flexibility index (Phi) is 4.30. The van der Waals surface area contributed by atoms with Crippen molar-refractivity contribution in [1.82, 2.24) is 0 Å². The van der Waals surface area contributed by atoms with Crippen molar-refractivity contribution in [3.63, 3.8) is 0 Å². The molecule has 1 rings (SSSR count). The Morgan fingerprint density at radius 2 is 1.84 bits per heavy atom. The molecule has 0 unspecified atom stereocenters. The van der Waals surface area contributed by atoms with Crippen LogP contribution >= 0.6 is 0 Å². The van der Waals surface area contributed by atoms with Crippen molar-refractivity contribution in [1.29, 1.82) is 5.26 Å². The van der Waals surface area contributed by atoms with Crippen LogP contribution in [-0.4, -0.2) is 25.7 Å². The lowest BCUT2D eigenvalue weighted by molar-refractivity contribution is -0.112. The summed E-state index contributed by atoms with van der Waals surface area (Å²) in [6, 6.07) is 7.06. The molecule has 19 heavy (non-hydrogen) atoms. The monoisotopic (exact) mass is 280 g/mol. The van der Waals surface area contributed by atoms with Crippen LogP contribution in [0.1, 0.15) is 6.92 Å². The second kappa shape index (κ2) is 5.54. The molecule has 0 aromatic heterocycles. The lowest BCUT2D eigenvalue weighted by Crippen LogP contribution is -2.15. The van der Waals surface area contributed by atoms with Crippen molar-refractivity contribution in [2.24, 2.45) is 0 Å². The number of allylic oxidation sites excluding steroid dienone is 1. The van der Waals surface area contributed by atoms with Crippen molar-refractivity contribution in [3.8, 4) is 6.07 Å². The van der Waals surface area contributed by atoms with Crippen LogP contribution in [0.4, 0.5) is 5.69 Å². The molecule has 0 aliphatic rings. The predicted octanol–water partition coefficient (Wildman–Crippen LogP) is 1.38. The molecule has 0 radical (unpaired) electrons. The van der Waals surface area contributed by atoms with Gasteiger partial charge in [-0.15, -0.1) is 0 Å². The first-order valence-electron chi connectivity index (χ1n) is 5.17. The minimum atomic E-state index is -3.30. The highest BCUT2D eigenvalue weighted by atomic mass is 32.2. The van der Waals surface area contributed by atoms with Gasteiger partial charge in [0.2, 0.25) is 0 Å². The summed E-state index contributed by atoms with van der Waals surface area (Å²) in [5.41, 5.74) is -0.0708. The molecule has 1 amide bonds. The lowest BCUT2D eigenvalue weighted by atomic mass is 10.2. The Morgan fingerprint density at radius 3 is 2.21 bits per heavy atom. The van der Waals surface area contributed by atoms with Gasteiger partial charge < -0.3 is 10.4 Å². The molecule has 1 aromatic carbocycles. The second-order valence-electron chi connectivity index (χ2n) is 3.82. The molecule has 1 aromatic rings. The number of aliphatic hydroxyl groups is 1. The first-order valence-corrected chi connectivity index (χ1v) is 7.06. The summed E-state index contributed by atoms with van der Waals surface area (Å²) in [6.07, 6.45) is 1.08. The van der Waals surface area contributed by atoms with Gasteiger partial charge in [0, 0.05) is 11.9 Å². The van der Waals surface area contributed by atoms with Crippen LogP contribution in [0.5, 0.6) is 0 Å². The van der Waals surface area contributed by atoms with Crippen molar-refractivity contribution < 1.29 is 18.3 Å². The van der Waals surface area contributed by atoms with E-state index in [0.29, 0.717) is 5.69 Å². The molecule has 0 atom stereocenters. The van der Waals surface area contributed by atoms with Gasteiger partial charge >= 0.3 is 0 Å². The normalized spacial score (nSPS) is 12.3. The third-order valence-corrected chi connectivity index (χ3v) is 3.37. The molecule has 0 heterocycles. The van der Waals surface area contributed by atoms with Crippen LogP contribution in [0.2, 0.25) is 0 Å². The average molecular weight is 280 g/mol. The van der Waals surface area contributed by atoms with Gasteiger partial charge in [0.05, 0.1) is 4.90 Å². The molecule has 7 heteroatoms. The van der Waals surface area contributed by atoms with Gasteiger partial charge in [-0.3, -0.25) is 4.79 Å². The van der Waals surface area contributed by atoms with Gasteiger partial charge in [-0.1, -0.05) is 0 Å². The number of carbonyl (C=O) groups is 1. The van der Waals surface area contributed by atoms with Gasteiger partial charge in [0.1, 0.15) is 11.8 Å². The Balaban J connectivity index is 2.95. The highest BCUT2D eigenvalue weighted by molar-refractivity contribution is 7.90. The predicted molar refractivity (Wildman–Crippen MR) is 69.1 cm³/mol. The van der Waals surface area contributed by atoms with Crippen LogP contribution < -0.4 is 5.32 Å². The van der Waals surface area contributed by atoms with E-state index in [-0.39, 0.29) is 10.7 Å². The first kappa shape index (κ1) is 14.7. The van der Waals surface area contributed by atoms with Crippen LogP contribution in [0.25, 0.3) is 0 Å². The molecule has 0 aliphatic heterocycles. The molecule has 0 saturated carbocycles. The number of anilines is 1. The highest BCUT2D eigenvalue weighted by Crippen LogP contribution is 2.15. The molecule has 100 valence electrons. The van der Waals surface area contributed by atoms with Crippen molar-refractivity contribution in [2.45, 2.75) is 11.8 Å². The number of hydrogen-bond donors (Lipinski definition) is 2. The zero-order chi connectivity index (χ0) is 14.6. The molecular formula is C12H12N2O4S. The van der Waals surface area contributed by atoms with E-state index in [1.807, 2.05) is 0 Å². The Hall–Kier alpha value is -2.33. The number of aliphatic hydroxyl groups excluding tert-OH is 1. The van der Waals surface area contributed by atoms with E-state index in [9.17, 15) is 13.2 Å². The summed E-state index contributed by atoms with van der Waals surface area (Å²) >= 11 is 0. The second-order valence-corrected chi connectivity index (χ2v) is 5.84. The SMILES string of the molecule is C/C(O)=C(\C#N)C(=O)Nc1ccc(S(C)(=O)=O)cc1. The summed E-state index contributed by atoms with van der Waals surface area (Å²) < 4.78 is 22.5. The fourth-order valence-electron chi connectivity index (χ4n) is 1.28. The number of nitriles is 1. The fraction of sp³-hybridized carbons (Fsp3) is 0.167. The number of amides is 1. The first-order chi connectivity index (χ1) is 8.75. The van der Waals surface area contributed by atoms with E-state index >= 15 is 0 Å². The van der Waals surface area contributed by atoms with Crippen molar-refractivity contribution >= 4 is 21.4 Å². The van der Waals surface area contributed by atoms with Gasteiger partial charge in [0.15, 0.2) is 15.4 Å². The maximum absolute atomic E-state index is 11.6. The van der Waals surface area contributed by atoms with Crippen LogP contribution in [0.15, 0.2) is 40.5 Å². The third kappa shape index (κ3) is 3.82. The summed E-state index contributed by atoms with van der Waals surface area (Å²) in [5.74, 6) is -1.14. The Bertz CT molecular complexity index is 663. The number of rotatable bonds is 3. The highest BCUT2D eigenvalue weighted by Gasteiger charge is 2.13. The largest absolute Gasteiger partial charge is 0.511 e. The summed E-state index contributed by atoms with van der Waals surface area (Å²) in [4.78, 5) is 11.7. The van der Waals surface area contributed by atoms with E-state index < -0.39 is 21.3 Å². The number of hydrogen-bond acceptors (Lipinski definition) is 5. The molecule has 0 fully saturated rings. The van der Waals surface area contributed by atoms with Gasteiger partial charge in [0.25, 0.3) is 5.91 Å². The summed E-state index contributed by atoms with van der Waals surface area (Å²) in [5, 5.41) is 20.2. The van der Waals surface area contributed by atoms with E-state index in [2.05, 4.69) is 5.32 Å². The van der Waals surface area contributed by atoms with Gasteiger partial charge in [-0.05, 0) is 31.2 Å². The van der Waals surface area contributed by atoms with Crippen molar-refractivity contribution in [2.75, 3.05) is 11.6 Å². The average Bonchev–Trinajstić information content (AvgIpc) is 2.28. The minimum absolute atomic E-state index is 0.125. The smallest absolute Gasteiger partial charge is 0.269 e. The van der Waals surface area contributed by atoms with Crippen LogP contribution in [0.3, 0.4) is 0 Å². The van der Waals surface area contributed by atoms with Gasteiger partial charge in [-0.2, -0.15) is 5.26 Å². The Labute approximate surface area is 110 Å². The standard InChI is InChI=1S/C12H12N2O4S/c1-8(15)11(7-13)12(16)14-9-3-5-10(6-4-9)19(2,17)18/h3-6,15H,1-2H3,(H,14,16)/b11-8-.